The Balaban J connectivity index is 1.88. The molecule has 0 aromatic heterocycles. The molecule has 1 saturated heterocycles. The second kappa shape index (κ2) is 7.41. The largest absolute Gasteiger partial charge is 0.350 e. The van der Waals surface area contributed by atoms with Crippen molar-refractivity contribution in [1.82, 2.24) is 10.2 Å². The molecule has 3 nitrogen and oxygen atoms in total. The van der Waals surface area contributed by atoms with Crippen LogP contribution in [-0.2, 0) is 0 Å². The first-order chi connectivity index (χ1) is 9.97. The lowest BCUT2D eigenvalue weighted by Gasteiger charge is -2.35. The van der Waals surface area contributed by atoms with Crippen molar-refractivity contribution in [1.29, 1.82) is 0 Å². The molecular weight excluding hydrogens is 328 g/mol. The second-order valence-electron chi connectivity index (χ2n) is 6.26. The molecule has 2 unspecified atom stereocenters. The van der Waals surface area contributed by atoms with E-state index in [-0.39, 0.29) is 5.91 Å². The molecule has 0 bridgehead atoms. The fourth-order valence-corrected chi connectivity index (χ4v) is 3.45. The van der Waals surface area contributed by atoms with E-state index in [0.717, 1.165) is 34.6 Å². The molecule has 0 aliphatic carbocycles. The predicted octanol–water partition coefficient (Wildman–Crippen LogP) is 3.61. The molecule has 0 spiro atoms. The fraction of sp³-hybridized carbons (Fsp3) is 0.588. The van der Waals surface area contributed by atoms with Crippen molar-refractivity contribution in [3.63, 3.8) is 0 Å². The first-order valence-corrected chi connectivity index (χ1v) is 8.55. The van der Waals surface area contributed by atoms with Crippen molar-refractivity contribution >= 4 is 21.8 Å². The van der Waals surface area contributed by atoms with Gasteiger partial charge in [0.15, 0.2) is 0 Å². The van der Waals surface area contributed by atoms with E-state index in [0.29, 0.717) is 12.6 Å². The van der Waals surface area contributed by atoms with Crippen molar-refractivity contribution in [2.45, 2.75) is 39.7 Å². The number of aryl methyl sites for hydroxylation is 1. The first-order valence-electron chi connectivity index (χ1n) is 7.75. The molecular formula is C17H25BrN2O. The average Bonchev–Trinajstić information content (AvgIpc) is 2.44. The zero-order valence-electron chi connectivity index (χ0n) is 13.2. The van der Waals surface area contributed by atoms with E-state index in [1.54, 1.807) is 0 Å². The van der Waals surface area contributed by atoms with Gasteiger partial charge in [-0.3, -0.25) is 9.69 Å². The molecule has 0 radical (unpaired) electrons. The number of carbonyl (C=O) groups is 1. The Bertz CT molecular complexity index is 504. The normalized spacial score (nSPS) is 21.0. The summed E-state index contributed by atoms with van der Waals surface area (Å²) in [5.41, 5.74) is 1.76. The van der Waals surface area contributed by atoms with Crippen LogP contribution in [0.1, 0.15) is 42.6 Å². The highest BCUT2D eigenvalue weighted by atomic mass is 79.9. The van der Waals surface area contributed by atoms with Crippen molar-refractivity contribution in [2.24, 2.45) is 5.92 Å². The number of hydrogen-bond acceptors (Lipinski definition) is 2. The summed E-state index contributed by atoms with van der Waals surface area (Å²) in [6, 6.07) is 6.16. The number of likely N-dealkylation sites (tertiary alicyclic amines) is 1. The van der Waals surface area contributed by atoms with Crippen LogP contribution in [0.25, 0.3) is 0 Å². The number of piperidine rings is 1. The molecule has 21 heavy (non-hydrogen) atoms. The Kier molecular flexibility index (Phi) is 5.82. The number of benzene rings is 1. The Morgan fingerprint density at radius 2 is 2.29 bits per heavy atom. The van der Waals surface area contributed by atoms with Gasteiger partial charge in [-0.15, -0.1) is 0 Å². The summed E-state index contributed by atoms with van der Waals surface area (Å²) in [4.78, 5) is 14.8. The van der Waals surface area contributed by atoms with Crippen molar-refractivity contribution < 1.29 is 4.79 Å². The smallest absolute Gasteiger partial charge is 0.251 e. The SMILES string of the molecule is Cc1cc(Br)ccc1C(=O)NCC(C)N1CCCC(C)C1. The Hall–Kier alpha value is -0.870. The van der Waals surface area contributed by atoms with Gasteiger partial charge < -0.3 is 5.32 Å². The van der Waals surface area contributed by atoms with Crippen molar-refractivity contribution in [2.75, 3.05) is 19.6 Å². The molecule has 1 fully saturated rings. The highest BCUT2D eigenvalue weighted by molar-refractivity contribution is 9.10. The van der Waals surface area contributed by atoms with Gasteiger partial charge in [0.25, 0.3) is 5.91 Å². The zero-order valence-corrected chi connectivity index (χ0v) is 14.7. The van der Waals surface area contributed by atoms with Crippen LogP contribution in [0.15, 0.2) is 22.7 Å². The van der Waals surface area contributed by atoms with Gasteiger partial charge in [0.05, 0.1) is 0 Å². The monoisotopic (exact) mass is 352 g/mol. The topological polar surface area (TPSA) is 32.3 Å². The van der Waals surface area contributed by atoms with E-state index < -0.39 is 0 Å². The highest BCUT2D eigenvalue weighted by Crippen LogP contribution is 2.18. The van der Waals surface area contributed by atoms with Crippen LogP contribution >= 0.6 is 15.9 Å². The molecule has 1 aliphatic rings. The molecule has 1 N–H and O–H groups in total. The van der Waals surface area contributed by atoms with E-state index >= 15 is 0 Å². The van der Waals surface area contributed by atoms with Crippen LogP contribution in [0.5, 0.6) is 0 Å². The van der Waals surface area contributed by atoms with Gasteiger partial charge in [-0.25, -0.2) is 0 Å². The number of rotatable bonds is 4. The summed E-state index contributed by atoms with van der Waals surface area (Å²) >= 11 is 3.43. The van der Waals surface area contributed by atoms with Crippen LogP contribution < -0.4 is 5.32 Å². The van der Waals surface area contributed by atoms with Gasteiger partial charge in [-0.05, 0) is 62.9 Å². The third-order valence-corrected chi connectivity index (χ3v) is 4.80. The molecule has 1 aromatic rings. The summed E-state index contributed by atoms with van der Waals surface area (Å²) in [6.45, 7) is 9.49. The van der Waals surface area contributed by atoms with E-state index in [1.165, 1.54) is 12.8 Å². The average molecular weight is 353 g/mol. The van der Waals surface area contributed by atoms with Crippen LogP contribution in [0.4, 0.5) is 0 Å². The minimum absolute atomic E-state index is 0.0249. The number of nitrogens with one attached hydrogen (secondary N) is 1. The number of carbonyl (C=O) groups excluding carboxylic acids is 1. The van der Waals surface area contributed by atoms with Crippen LogP contribution in [0.2, 0.25) is 0 Å². The Morgan fingerprint density at radius 3 is 2.95 bits per heavy atom. The minimum Gasteiger partial charge on any atom is -0.350 e. The van der Waals surface area contributed by atoms with E-state index in [1.807, 2.05) is 25.1 Å². The molecule has 2 rings (SSSR count). The van der Waals surface area contributed by atoms with Crippen molar-refractivity contribution in [3.8, 4) is 0 Å². The van der Waals surface area contributed by atoms with Gasteiger partial charge >= 0.3 is 0 Å². The zero-order chi connectivity index (χ0) is 15.4. The predicted molar refractivity (Wildman–Crippen MR) is 90.6 cm³/mol. The van der Waals surface area contributed by atoms with Crippen LogP contribution in [0, 0.1) is 12.8 Å². The first kappa shape index (κ1) is 16.5. The molecule has 1 amide bonds. The number of nitrogens with zero attached hydrogens (tertiary/aromatic N) is 1. The molecule has 1 heterocycles. The van der Waals surface area contributed by atoms with Crippen molar-refractivity contribution in [3.05, 3.63) is 33.8 Å². The lowest BCUT2D eigenvalue weighted by atomic mass is 9.99. The summed E-state index contributed by atoms with van der Waals surface area (Å²) in [5, 5.41) is 3.08. The third kappa shape index (κ3) is 4.55. The van der Waals surface area contributed by atoms with Gasteiger partial charge in [0.1, 0.15) is 0 Å². The maximum atomic E-state index is 12.3. The lowest BCUT2D eigenvalue weighted by Crippen LogP contribution is -2.46. The maximum absolute atomic E-state index is 12.3. The minimum atomic E-state index is 0.0249. The molecule has 1 aliphatic heterocycles. The Morgan fingerprint density at radius 1 is 1.52 bits per heavy atom. The fourth-order valence-electron chi connectivity index (χ4n) is 2.97. The third-order valence-electron chi connectivity index (χ3n) is 4.30. The van der Waals surface area contributed by atoms with Gasteiger partial charge in [0, 0.05) is 29.2 Å². The quantitative estimate of drug-likeness (QED) is 0.897. The summed E-state index contributed by atoms with van der Waals surface area (Å²) in [6.07, 6.45) is 2.60. The summed E-state index contributed by atoms with van der Waals surface area (Å²) in [5.74, 6) is 0.794. The van der Waals surface area contributed by atoms with E-state index in [2.05, 4.69) is 40.0 Å². The van der Waals surface area contributed by atoms with Gasteiger partial charge in [-0.2, -0.15) is 0 Å². The molecule has 0 saturated carbocycles. The summed E-state index contributed by atoms with van der Waals surface area (Å²) in [7, 11) is 0. The van der Waals surface area contributed by atoms with Crippen LogP contribution in [-0.4, -0.2) is 36.5 Å². The molecule has 2 atom stereocenters. The number of hydrogen-bond donors (Lipinski definition) is 1. The lowest BCUT2D eigenvalue weighted by molar-refractivity contribution is 0.0917. The van der Waals surface area contributed by atoms with E-state index in [9.17, 15) is 4.79 Å². The maximum Gasteiger partial charge on any atom is 0.251 e. The molecule has 4 heteroatoms. The van der Waals surface area contributed by atoms with Gasteiger partial charge in [0.2, 0.25) is 0 Å². The van der Waals surface area contributed by atoms with Gasteiger partial charge in [-0.1, -0.05) is 22.9 Å². The number of amides is 1. The summed E-state index contributed by atoms with van der Waals surface area (Å²) < 4.78 is 1.01. The van der Waals surface area contributed by atoms with E-state index in [4.69, 9.17) is 0 Å². The standard InChI is InChI=1S/C17H25BrN2O/c1-12-5-4-8-20(11-12)14(3)10-19-17(21)16-7-6-15(18)9-13(16)2/h6-7,9,12,14H,4-5,8,10-11H2,1-3H3,(H,19,21). The Labute approximate surface area is 136 Å². The highest BCUT2D eigenvalue weighted by Gasteiger charge is 2.21. The van der Waals surface area contributed by atoms with Crippen LogP contribution in [0.3, 0.4) is 0 Å². The number of halogens is 1. The molecule has 1 aromatic carbocycles. The molecule has 116 valence electrons. The second-order valence-corrected chi connectivity index (χ2v) is 7.18.